The average Bonchev–Trinajstić information content (AvgIpc) is 2.39. The normalized spacial score (nSPS) is 10.8. The monoisotopic (exact) mass is 267 g/mol. The van der Waals surface area contributed by atoms with Crippen LogP contribution in [-0.2, 0) is 9.47 Å². The summed E-state index contributed by atoms with van der Waals surface area (Å²) in [6, 6.07) is 1.72. The topological polar surface area (TPSA) is 73.3 Å². The predicted octanol–water partition coefficient (Wildman–Crippen LogP) is 1.22. The van der Waals surface area contributed by atoms with Crippen LogP contribution in [0.2, 0.25) is 0 Å². The van der Waals surface area contributed by atoms with Gasteiger partial charge in [-0.2, -0.15) is 10.2 Å². The minimum absolute atomic E-state index is 0.195. The Balaban J connectivity index is 2.61. The number of carbonyl (C=O) groups is 1. The van der Waals surface area contributed by atoms with Crippen LogP contribution >= 0.6 is 0 Å². The van der Waals surface area contributed by atoms with E-state index in [9.17, 15) is 4.79 Å². The van der Waals surface area contributed by atoms with Crippen LogP contribution in [0.25, 0.3) is 0 Å². The van der Waals surface area contributed by atoms with E-state index >= 15 is 0 Å². The Hall–Kier alpha value is -1.53. The summed E-state index contributed by atoms with van der Waals surface area (Å²) in [5, 5.41) is 10.6. The van der Waals surface area contributed by atoms with Crippen LogP contribution in [0.5, 0.6) is 0 Å². The Kier molecular flexibility index (Phi) is 6.38. The second-order valence-corrected chi connectivity index (χ2v) is 4.04. The lowest BCUT2D eigenvalue weighted by atomic mass is 10.2. The van der Waals surface area contributed by atoms with E-state index < -0.39 is 6.29 Å². The number of aryl methyl sites for hydroxylation is 2. The van der Waals surface area contributed by atoms with Crippen molar-refractivity contribution in [3.63, 3.8) is 0 Å². The van der Waals surface area contributed by atoms with E-state index in [2.05, 4.69) is 15.5 Å². The lowest BCUT2D eigenvalue weighted by molar-refractivity contribution is -0.131. The molecule has 19 heavy (non-hydrogen) atoms. The van der Waals surface area contributed by atoms with Gasteiger partial charge in [-0.25, -0.2) is 0 Å². The van der Waals surface area contributed by atoms with Crippen LogP contribution in [0, 0.1) is 13.8 Å². The van der Waals surface area contributed by atoms with Crippen molar-refractivity contribution < 1.29 is 14.3 Å². The van der Waals surface area contributed by atoms with Crippen molar-refractivity contribution in [2.45, 2.75) is 34.0 Å². The van der Waals surface area contributed by atoms with E-state index in [-0.39, 0.29) is 5.91 Å². The zero-order valence-corrected chi connectivity index (χ0v) is 11.9. The van der Waals surface area contributed by atoms with Gasteiger partial charge in [0.15, 0.2) is 6.29 Å². The van der Waals surface area contributed by atoms with Crippen LogP contribution < -0.4 is 5.32 Å². The maximum absolute atomic E-state index is 12.0. The summed E-state index contributed by atoms with van der Waals surface area (Å²) in [5.74, 6) is -0.195. The fourth-order valence-electron chi connectivity index (χ4n) is 1.59. The first-order valence-electron chi connectivity index (χ1n) is 6.40. The van der Waals surface area contributed by atoms with Crippen LogP contribution in [0.4, 0.5) is 0 Å². The third kappa shape index (κ3) is 4.92. The summed E-state index contributed by atoms with van der Waals surface area (Å²) in [4.78, 5) is 12.0. The fraction of sp³-hybridized carbons (Fsp3) is 0.615. The van der Waals surface area contributed by atoms with Gasteiger partial charge in [-0.3, -0.25) is 4.79 Å². The van der Waals surface area contributed by atoms with Crippen molar-refractivity contribution in [2.75, 3.05) is 19.8 Å². The third-order valence-electron chi connectivity index (χ3n) is 2.48. The molecule has 6 nitrogen and oxygen atoms in total. The molecule has 106 valence electrons. The van der Waals surface area contributed by atoms with E-state index in [0.29, 0.717) is 36.7 Å². The van der Waals surface area contributed by atoms with Gasteiger partial charge in [-0.1, -0.05) is 0 Å². The Labute approximate surface area is 113 Å². The summed E-state index contributed by atoms with van der Waals surface area (Å²) >= 11 is 0. The molecule has 0 atom stereocenters. The van der Waals surface area contributed by atoms with Crippen molar-refractivity contribution in [3.05, 3.63) is 23.0 Å². The molecule has 0 aliphatic heterocycles. The molecule has 0 saturated heterocycles. The van der Waals surface area contributed by atoms with Gasteiger partial charge in [0.1, 0.15) is 0 Å². The second kappa shape index (κ2) is 7.81. The van der Waals surface area contributed by atoms with Gasteiger partial charge in [0.25, 0.3) is 5.91 Å². The standard InChI is InChI=1S/C13H21N3O3/c1-5-18-12(19-6-2)8-14-13(17)11-7-9(3)15-16-10(11)4/h7,12H,5-6,8H2,1-4H3,(H,14,17). The first-order chi connectivity index (χ1) is 9.08. The smallest absolute Gasteiger partial charge is 0.253 e. The van der Waals surface area contributed by atoms with Crippen molar-refractivity contribution in [1.29, 1.82) is 0 Å². The molecule has 1 N–H and O–H groups in total. The van der Waals surface area contributed by atoms with Crippen LogP contribution in [-0.4, -0.2) is 42.2 Å². The molecule has 6 heteroatoms. The Bertz CT molecular complexity index is 418. The first-order valence-corrected chi connectivity index (χ1v) is 6.40. The van der Waals surface area contributed by atoms with Crippen LogP contribution in [0.1, 0.15) is 35.6 Å². The van der Waals surface area contributed by atoms with Crippen molar-refractivity contribution in [2.24, 2.45) is 0 Å². The number of nitrogens with zero attached hydrogens (tertiary/aromatic N) is 2. The molecule has 1 amide bonds. The Morgan fingerprint density at radius 2 is 1.89 bits per heavy atom. The number of aromatic nitrogens is 2. The van der Waals surface area contributed by atoms with E-state index in [1.165, 1.54) is 0 Å². The molecule has 0 spiro atoms. The number of carbonyl (C=O) groups excluding carboxylic acids is 1. The highest BCUT2D eigenvalue weighted by molar-refractivity contribution is 5.95. The van der Waals surface area contributed by atoms with Gasteiger partial charge < -0.3 is 14.8 Å². The second-order valence-electron chi connectivity index (χ2n) is 4.04. The number of rotatable bonds is 7. The van der Waals surface area contributed by atoms with Crippen LogP contribution in [0.3, 0.4) is 0 Å². The average molecular weight is 267 g/mol. The lowest BCUT2D eigenvalue weighted by Crippen LogP contribution is -2.35. The summed E-state index contributed by atoms with van der Waals surface area (Å²) in [6.07, 6.45) is -0.421. The summed E-state index contributed by atoms with van der Waals surface area (Å²) in [5.41, 5.74) is 1.84. The predicted molar refractivity (Wildman–Crippen MR) is 70.9 cm³/mol. The van der Waals surface area contributed by atoms with Gasteiger partial charge in [-0.15, -0.1) is 0 Å². The van der Waals surface area contributed by atoms with Gasteiger partial charge in [0, 0.05) is 13.2 Å². The molecule has 0 aliphatic carbocycles. The van der Waals surface area contributed by atoms with Crippen LogP contribution in [0.15, 0.2) is 6.07 Å². The van der Waals surface area contributed by atoms with Gasteiger partial charge >= 0.3 is 0 Å². The SMILES string of the molecule is CCOC(CNC(=O)c1cc(C)nnc1C)OCC. The largest absolute Gasteiger partial charge is 0.351 e. The maximum Gasteiger partial charge on any atom is 0.253 e. The quantitative estimate of drug-likeness (QED) is 0.752. The zero-order chi connectivity index (χ0) is 14.3. The molecule has 0 fully saturated rings. The number of amides is 1. The highest BCUT2D eigenvalue weighted by Crippen LogP contribution is 2.05. The molecular weight excluding hydrogens is 246 g/mol. The van der Waals surface area contributed by atoms with Gasteiger partial charge in [0.05, 0.1) is 23.5 Å². The zero-order valence-electron chi connectivity index (χ0n) is 11.9. The van der Waals surface area contributed by atoms with Crippen molar-refractivity contribution >= 4 is 5.91 Å². The van der Waals surface area contributed by atoms with Gasteiger partial charge in [0.2, 0.25) is 0 Å². The maximum atomic E-state index is 12.0. The Morgan fingerprint density at radius 1 is 1.26 bits per heavy atom. The lowest BCUT2D eigenvalue weighted by Gasteiger charge is -2.17. The highest BCUT2D eigenvalue weighted by Gasteiger charge is 2.14. The van der Waals surface area contributed by atoms with E-state index in [1.807, 2.05) is 13.8 Å². The number of nitrogens with one attached hydrogen (secondary N) is 1. The molecule has 1 heterocycles. The first kappa shape index (κ1) is 15.5. The van der Waals surface area contributed by atoms with Crippen molar-refractivity contribution in [3.8, 4) is 0 Å². The molecule has 0 aliphatic rings. The van der Waals surface area contributed by atoms with Crippen molar-refractivity contribution in [1.82, 2.24) is 15.5 Å². The number of ether oxygens (including phenoxy) is 2. The molecule has 0 aromatic carbocycles. The molecular formula is C13H21N3O3. The molecule has 0 bridgehead atoms. The molecule has 1 rings (SSSR count). The number of hydrogen-bond donors (Lipinski definition) is 1. The Morgan fingerprint density at radius 3 is 2.47 bits per heavy atom. The number of hydrogen-bond acceptors (Lipinski definition) is 5. The summed E-state index contributed by atoms with van der Waals surface area (Å²) in [6.45, 7) is 8.70. The van der Waals surface area contributed by atoms with E-state index in [0.717, 1.165) is 0 Å². The molecule has 0 unspecified atom stereocenters. The third-order valence-corrected chi connectivity index (χ3v) is 2.48. The van der Waals surface area contributed by atoms with Gasteiger partial charge in [-0.05, 0) is 33.8 Å². The fourth-order valence-corrected chi connectivity index (χ4v) is 1.59. The molecule has 0 saturated carbocycles. The van der Waals surface area contributed by atoms with E-state index in [1.54, 1.807) is 19.9 Å². The minimum Gasteiger partial charge on any atom is -0.351 e. The summed E-state index contributed by atoms with van der Waals surface area (Å²) < 4.78 is 10.7. The summed E-state index contributed by atoms with van der Waals surface area (Å²) in [7, 11) is 0. The molecule has 0 radical (unpaired) electrons. The molecule has 1 aromatic rings. The highest BCUT2D eigenvalue weighted by atomic mass is 16.7. The molecule has 1 aromatic heterocycles. The minimum atomic E-state index is -0.421. The van der Waals surface area contributed by atoms with E-state index in [4.69, 9.17) is 9.47 Å².